The molecule has 1 N–H and O–H groups in total. The highest BCUT2D eigenvalue weighted by atomic mass is 32.2. The average molecular weight is 312 g/mol. The topological polar surface area (TPSA) is 90.5 Å². The van der Waals surface area contributed by atoms with E-state index >= 15 is 0 Å². The van der Waals surface area contributed by atoms with E-state index in [9.17, 15) is 13.2 Å². The first-order chi connectivity index (χ1) is 9.94. The molecule has 0 aliphatic rings. The summed E-state index contributed by atoms with van der Waals surface area (Å²) in [4.78, 5) is 11.5. The first kappa shape index (κ1) is 15.3. The normalized spacial score (nSPS) is 11.5. The molecule has 2 aromatic heterocycles. The van der Waals surface area contributed by atoms with Gasteiger partial charge in [0.2, 0.25) is 10.0 Å². The molecule has 0 aromatic carbocycles. The lowest BCUT2D eigenvalue weighted by Crippen LogP contribution is -2.25. The number of esters is 1. The molecule has 2 heterocycles. The number of hydrogen-bond acceptors (Lipinski definition) is 5. The van der Waals surface area contributed by atoms with Crippen molar-refractivity contribution in [2.45, 2.75) is 11.3 Å². The van der Waals surface area contributed by atoms with Crippen LogP contribution in [-0.4, -0.2) is 32.6 Å². The minimum atomic E-state index is -3.68. The molecule has 0 atom stereocenters. The van der Waals surface area contributed by atoms with Crippen LogP contribution in [0.2, 0.25) is 0 Å². The molecule has 0 unspecified atom stereocenters. The van der Waals surface area contributed by atoms with Crippen molar-refractivity contribution in [3.05, 3.63) is 42.1 Å². The number of carbonyl (C=O) groups is 1. The Morgan fingerprint density at radius 3 is 2.86 bits per heavy atom. The third-order valence-electron chi connectivity index (χ3n) is 2.93. The second kappa shape index (κ2) is 6.15. The van der Waals surface area contributed by atoms with Crippen LogP contribution in [0, 0.1) is 0 Å². The van der Waals surface area contributed by atoms with Crippen molar-refractivity contribution >= 4 is 16.0 Å². The van der Waals surface area contributed by atoms with E-state index in [4.69, 9.17) is 4.42 Å². The van der Waals surface area contributed by atoms with Gasteiger partial charge in [0, 0.05) is 26.2 Å². The van der Waals surface area contributed by atoms with E-state index in [1.807, 2.05) is 0 Å². The number of carbonyl (C=O) groups excluding carboxylic acids is 1. The summed E-state index contributed by atoms with van der Waals surface area (Å²) in [6.45, 7) is 0.207. The van der Waals surface area contributed by atoms with Gasteiger partial charge in [-0.05, 0) is 18.2 Å². The Morgan fingerprint density at radius 1 is 1.48 bits per heavy atom. The van der Waals surface area contributed by atoms with Crippen molar-refractivity contribution in [2.75, 3.05) is 13.7 Å². The summed E-state index contributed by atoms with van der Waals surface area (Å²) < 4.78 is 37.8. The molecular weight excluding hydrogens is 296 g/mol. The first-order valence-electron chi connectivity index (χ1n) is 6.21. The summed E-state index contributed by atoms with van der Waals surface area (Å²) in [5, 5.41) is 0. The van der Waals surface area contributed by atoms with Gasteiger partial charge in [0.25, 0.3) is 0 Å². The van der Waals surface area contributed by atoms with Gasteiger partial charge in [-0.1, -0.05) is 0 Å². The van der Waals surface area contributed by atoms with Gasteiger partial charge in [-0.25, -0.2) is 17.9 Å². The Balaban J connectivity index is 2.07. The van der Waals surface area contributed by atoms with Crippen molar-refractivity contribution in [1.29, 1.82) is 0 Å². The summed E-state index contributed by atoms with van der Waals surface area (Å²) >= 11 is 0. The monoisotopic (exact) mass is 312 g/mol. The molecule has 0 saturated heterocycles. The standard InChI is InChI=1S/C13H16N2O5S/c1-15-9-11(8-12(15)13(16)19-2)21(17,18)14-6-5-10-4-3-7-20-10/h3-4,7-9,14H,5-6H2,1-2H3. The number of aromatic nitrogens is 1. The van der Waals surface area contributed by atoms with E-state index in [-0.39, 0.29) is 17.1 Å². The quantitative estimate of drug-likeness (QED) is 0.801. The van der Waals surface area contributed by atoms with Crippen LogP contribution in [0.4, 0.5) is 0 Å². The number of nitrogens with one attached hydrogen (secondary N) is 1. The number of nitrogens with zero attached hydrogens (tertiary/aromatic N) is 1. The van der Waals surface area contributed by atoms with Crippen LogP contribution in [0.5, 0.6) is 0 Å². The van der Waals surface area contributed by atoms with Crippen molar-refractivity contribution in [3.63, 3.8) is 0 Å². The molecule has 0 radical (unpaired) electrons. The molecule has 2 rings (SSSR count). The largest absolute Gasteiger partial charge is 0.469 e. The molecule has 0 amide bonds. The predicted molar refractivity (Wildman–Crippen MR) is 74.4 cm³/mol. The van der Waals surface area contributed by atoms with Crippen LogP contribution < -0.4 is 4.72 Å². The maximum atomic E-state index is 12.1. The van der Waals surface area contributed by atoms with Crippen molar-refractivity contribution in [3.8, 4) is 0 Å². The fraction of sp³-hybridized carbons (Fsp3) is 0.308. The van der Waals surface area contributed by atoms with Gasteiger partial charge in [0.1, 0.15) is 16.3 Å². The van der Waals surface area contributed by atoms with E-state index in [1.54, 1.807) is 19.2 Å². The van der Waals surface area contributed by atoms with E-state index in [2.05, 4.69) is 9.46 Å². The predicted octanol–water partition coefficient (Wildman–Crippen LogP) is 0.926. The fourth-order valence-corrected chi connectivity index (χ4v) is 2.94. The number of hydrogen-bond donors (Lipinski definition) is 1. The Hall–Kier alpha value is -2.06. The highest BCUT2D eigenvalue weighted by molar-refractivity contribution is 7.89. The lowest BCUT2D eigenvalue weighted by atomic mass is 10.3. The van der Waals surface area contributed by atoms with Gasteiger partial charge in [-0.2, -0.15) is 0 Å². The third kappa shape index (κ3) is 3.53. The second-order valence-electron chi connectivity index (χ2n) is 4.39. The number of furan rings is 1. The molecule has 0 aliphatic carbocycles. The number of rotatable bonds is 6. The van der Waals surface area contributed by atoms with Gasteiger partial charge in [0.05, 0.1) is 13.4 Å². The van der Waals surface area contributed by atoms with Crippen molar-refractivity contribution in [1.82, 2.24) is 9.29 Å². The first-order valence-corrected chi connectivity index (χ1v) is 7.69. The molecule has 21 heavy (non-hydrogen) atoms. The average Bonchev–Trinajstić information content (AvgIpc) is 3.07. The summed E-state index contributed by atoms with van der Waals surface area (Å²) in [5.41, 5.74) is 0.170. The zero-order chi connectivity index (χ0) is 15.5. The van der Waals surface area contributed by atoms with Crippen LogP contribution in [-0.2, 0) is 28.2 Å². The number of methoxy groups -OCH3 is 1. The van der Waals surface area contributed by atoms with E-state index in [0.29, 0.717) is 12.2 Å². The Morgan fingerprint density at radius 2 is 2.24 bits per heavy atom. The van der Waals surface area contributed by atoms with Gasteiger partial charge >= 0.3 is 5.97 Å². The molecule has 114 valence electrons. The molecule has 7 nitrogen and oxygen atoms in total. The summed E-state index contributed by atoms with van der Waals surface area (Å²) in [6.07, 6.45) is 3.34. The lowest BCUT2D eigenvalue weighted by molar-refractivity contribution is 0.0590. The Kier molecular flexibility index (Phi) is 4.49. The van der Waals surface area contributed by atoms with Crippen LogP contribution in [0.1, 0.15) is 16.2 Å². The number of sulfonamides is 1. The zero-order valence-electron chi connectivity index (χ0n) is 11.7. The third-order valence-corrected chi connectivity index (χ3v) is 4.36. The second-order valence-corrected chi connectivity index (χ2v) is 6.16. The Labute approximate surface area is 122 Å². The molecule has 0 saturated carbocycles. The Bertz CT molecular complexity index is 716. The van der Waals surface area contributed by atoms with E-state index < -0.39 is 16.0 Å². The fourth-order valence-electron chi connectivity index (χ4n) is 1.84. The summed E-state index contributed by atoms with van der Waals surface area (Å²) in [6, 6.07) is 4.79. The molecule has 8 heteroatoms. The molecule has 0 bridgehead atoms. The summed E-state index contributed by atoms with van der Waals surface area (Å²) in [7, 11) is -0.858. The van der Waals surface area contributed by atoms with Gasteiger partial charge in [-0.15, -0.1) is 0 Å². The lowest BCUT2D eigenvalue weighted by Gasteiger charge is -2.03. The smallest absolute Gasteiger partial charge is 0.354 e. The SMILES string of the molecule is COC(=O)c1cc(S(=O)(=O)NCCc2ccco2)cn1C. The molecular formula is C13H16N2O5S. The minimum Gasteiger partial charge on any atom is -0.469 e. The van der Waals surface area contributed by atoms with Crippen molar-refractivity contribution < 1.29 is 22.4 Å². The van der Waals surface area contributed by atoms with Crippen LogP contribution in [0.3, 0.4) is 0 Å². The van der Waals surface area contributed by atoms with Crippen LogP contribution >= 0.6 is 0 Å². The van der Waals surface area contributed by atoms with Crippen LogP contribution in [0.15, 0.2) is 40.0 Å². The van der Waals surface area contributed by atoms with Gasteiger partial charge in [0.15, 0.2) is 0 Å². The van der Waals surface area contributed by atoms with Gasteiger partial charge in [-0.3, -0.25) is 0 Å². The maximum Gasteiger partial charge on any atom is 0.354 e. The molecule has 0 fully saturated rings. The van der Waals surface area contributed by atoms with E-state index in [1.165, 1.54) is 30.2 Å². The number of ether oxygens (including phenoxy) is 1. The number of aryl methyl sites for hydroxylation is 1. The maximum absolute atomic E-state index is 12.1. The zero-order valence-corrected chi connectivity index (χ0v) is 12.5. The molecule has 0 aliphatic heterocycles. The highest BCUT2D eigenvalue weighted by Gasteiger charge is 2.20. The molecule has 0 spiro atoms. The minimum absolute atomic E-state index is 0.0184. The molecule has 2 aromatic rings. The van der Waals surface area contributed by atoms with E-state index in [0.717, 1.165) is 0 Å². The van der Waals surface area contributed by atoms with Gasteiger partial charge < -0.3 is 13.7 Å². The summed E-state index contributed by atoms with van der Waals surface area (Å²) in [5.74, 6) is 0.107. The van der Waals surface area contributed by atoms with Crippen LogP contribution in [0.25, 0.3) is 0 Å². The highest BCUT2D eigenvalue weighted by Crippen LogP contribution is 2.14. The van der Waals surface area contributed by atoms with Crippen molar-refractivity contribution in [2.24, 2.45) is 7.05 Å².